The average Bonchev–Trinajstić information content (AvgIpc) is 2.71. The topological polar surface area (TPSA) is 60.2 Å². The quantitative estimate of drug-likeness (QED) is 0.776. The van der Waals surface area contributed by atoms with E-state index in [1.807, 2.05) is 0 Å². The van der Waals surface area contributed by atoms with E-state index in [2.05, 4.69) is 36.2 Å². The molecule has 1 rings (SSSR count). The molecule has 1 heterocycles. The lowest BCUT2D eigenvalue weighted by atomic mass is 10.2. The van der Waals surface area contributed by atoms with E-state index >= 15 is 0 Å². The number of anilines is 1. The zero-order valence-electron chi connectivity index (χ0n) is 10.5. The van der Waals surface area contributed by atoms with Gasteiger partial charge in [0.1, 0.15) is 6.10 Å². The molecule has 0 aliphatic heterocycles. The molecule has 0 aromatic carbocycles. The first-order valence-electron chi connectivity index (χ1n) is 5.77. The second-order valence-electron chi connectivity index (χ2n) is 4.25. The Morgan fingerprint density at radius 1 is 1.44 bits per heavy atom. The monoisotopic (exact) mass is 227 g/mol. The first-order chi connectivity index (χ1) is 7.67. The van der Waals surface area contributed by atoms with Gasteiger partial charge < -0.3 is 14.6 Å². The summed E-state index contributed by atoms with van der Waals surface area (Å²) in [4.78, 5) is 4.26. The Labute approximate surface area is 96.6 Å². The molecule has 5 heteroatoms. The van der Waals surface area contributed by atoms with Gasteiger partial charge in [-0.25, -0.2) is 0 Å². The van der Waals surface area contributed by atoms with Gasteiger partial charge in [0.05, 0.1) is 0 Å². The summed E-state index contributed by atoms with van der Waals surface area (Å²) in [5.41, 5.74) is 0. The van der Waals surface area contributed by atoms with E-state index < -0.39 is 0 Å². The van der Waals surface area contributed by atoms with Gasteiger partial charge in [0.25, 0.3) is 0 Å². The van der Waals surface area contributed by atoms with E-state index in [0.717, 1.165) is 19.4 Å². The van der Waals surface area contributed by atoms with Crippen LogP contribution in [0.15, 0.2) is 4.52 Å². The van der Waals surface area contributed by atoms with Crippen molar-refractivity contribution in [3.05, 3.63) is 5.82 Å². The summed E-state index contributed by atoms with van der Waals surface area (Å²) < 4.78 is 10.4. The third kappa shape index (κ3) is 3.81. The lowest BCUT2D eigenvalue weighted by Crippen LogP contribution is -2.08. The average molecular weight is 227 g/mol. The number of hydrogen-bond donors (Lipinski definition) is 1. The molecule has 1 aromatic heterocycles. The molecule has 1 atom stereocenters. The van der Waals surface area contributed by atoms with Crippen molar-refractivity contribution in [2.75, 3.05) is 19.0 Å². The van der Waals surface area contributed by atoms with Crippen LogP contribution in [0.5, 0.6) is 0 Å². The Morgan fingerprint density at radius 2 is 2.19 bits per heavy atom. The highest BCUT2D eigenvalue weighted by atomic mass is 16.5. The van der Waals surface area contributed by atoms with E-state index in [4.69, 9.17) is 9.26 Å². The van der Waals surface area contributed by atoms with Crippen molar-refractivity contribution in [3.8, 4) is 0 Å². The maximum Gasteiger partial charge on any atom is 0.321 e. The van der Waals surface area contributed by atoms with Gasteiger partial charge in [-0.1, -0.05) is 32.3 Å². The summed E-state index contributed by atoms with van der Waals surface area (Å²) >= 11 is 0. The normalized spacial score (nSPS) is 13.1. The molecule has 0 saturated heterocycles. The predicted molar refractivity (Wildman–Crippen MR) is 62.3 cm³/mol. The van der Waals surface area contributed by atoms with Crippen molar-refractivity contribution < 1.29 is 9.26 Å². The Bertz CT molecular complexity index is 299. The molecule has 0 fully saturated rings. The number of rotatable bonds is 7. The van der Waals surface area contributed by atoms with Crippen LogP contribution in [0.4, 0.5) is 6.01 Å². The highest BCUT2D eigenvalue weighted by Gasteiger charge is 2.16. The molecule has 1 aromatic rings. The van der Waals surface area contributed by atoms with Crippen molar-refractivity contribution in [1.82, 2.24) is 10.1 Å². The fourth-order valence-electron chi connectivity index (χ4n) is 1.34. The molecular weight excluding hydrogens is 206 g/mol. The Kier molecular flexibility index (Phi) is 5.25. The lowest BCUT2D eigenvalue weighted by Gasteiger charge is -2.08. The predicted octanol–water partition coefficient (Wildman–Crippen LogP) is 2.63. The summed E-state index contributed by atoms with van der Waals surface area (Å²) in [6.45, 7) is 7.18. The number of nitrogens with one attached hydrogen (secondary N) is 1. The van der Waals surface area contributed by atoms with Gasteiger partial charge in [-0.05, 0) is 12.3 Å². The maximum absolute atomic E-state index is 5.30. The van der Waals surface area contributed by atoms with Crippen LogP contribution in [0.25, 0.3) is 0 Å². The zero-order valence-corrected chi connectivity index (χ0v) is 10.5. The van der Waals surface area contributed by atoms with Gasteiger partial charge in [0, 0.05) is 13.7 Å². The highest BCUT2D eigenvalue weighted by molar-refractivity contribution is 5.18. The Hall–Kier alpha value is -1.10. The van der Waals surface area contributed by atoms with Gasteiger partial charge in [0.2, 0.25) is 5.82 Å². The first kappa shape index (κ1) is 13.0. The second kappa shape index (κ2) is 6.48. The fraction of sp³-hybridized carbons (Fsp3) is 0.818. The summed E-state index contributed by atoms with van der Waals surface area (Å²) in [7, 11) is 1.66. The summed E-state index contributed by atoms with van der Waals surface area (Å²) in [5.74, 6) is 1.17. The van der Waals surface area contributed by atoms with Crippen LogP contribution in [0, 0.1) is 5.92 Å². The minimum absolute atomic E-state index is 0.0663. The number of aromatic nitrogens is 2. The minimum Gasteiger partial charge on any atom is -0.373 e. The summed E-state index contributed by atoms with van der Waals surface area (Å²) in [6, 6.07) is 0.474. The van der Waals surface area contributed by atoms with Gasteiger partial charge in [0.15, 0.2) is 0 Å². The van der Waals surface area contributed by atoms with Crippen LogP contribution in [-0.4, -0.2) is 23.8 Å². The van der Waals surface area contributed by atoms with Gasteiger partial charge in [-0.3, -0.25) is 0 Å². The summed E-state index contributed by atoms with van der Waals surface area (Å²) in [6.07, 6.45) is 1.87. The van der Waals surface area contributed by atoms with Crippen LogP contribution >= 0.6 is 0 Å². The molecule has 1 unspecified atom stereocenters. The first-order valence-corrected chi connectivity index (χ1v) is 5.77. The number of ether oxygens (including phenoxy) is 1. The van der Waals surface area contributed by atoms with Crippen molar-refractivity contribution in [2.45, 2.75) is 39.7 Å². The molecule has 0 spiro atoms. The molecule has 0 radical (unpaired) electrons. The fourth-order valence-corrected chi connectivity index (χ4v) is 1.34. The number of nitrogens with zero attached hydrogens (tertiary/aromatic N) is 2. The van der Waals surface area contributed by atoms with Gasteiger partial charge in [-0.2, -0.15) is 4.98 Å². The van der Waals surface area contributed by atoms with E-state index in [-0.39, 0.29) is 6.10 Å². The van der Waals surface area contributed by atoms with E-state index in [0.29, 0.717) is 17.8 Å². The van der Waals surface area contributed by atoms with E-state index in [1.54, 1.807) is 7.11 Å². The van der Waals surface area contributed by atoms with Crippen molar-refractivity contribution in [1.29, 1.82) is 0 Å². The van der Waals surface area contributed by atoms with E-state index in [1.165, 1.54) is 0 Å². The Morgan fingerprint density at radius 3 is 2.75 bits per heavy atom. The smallest absolute Gasteiger partial charge is 0.321 e. The molecule has 92 valence electrons. The second-order valence-corrected chi connectivity index (χ2v) is 4.25. The van der Waals surface area contributed by atoms with Crippen LogP contribution in [-0.2, 0) is 4.74 Å². The molecular formula is C11H21N3O2. The van der Waals surface area contributed by atoms with Crippen molar-refractivity contribution in [3.63, 3.8) is 0 Å². The van der Waals surface area contributed by atoms with Crippen LogP contribution in [0.3, 0.4) is 0 Å². The third-order valence-electron chi connectivity index (χ3n) is 2.23. The molecule has 5 nitrogen and oxygen atoms in total. The van der Waals surface area contributed by atoms with Crippen LogP contribution in [0.2, 0.25) is 0 Å². The van der Waals surface area contributed by atoms with Crippen molar-refractivity contribution >= 4 is 6.01 Å². The van der Waals surface area contributed by atoms with Crippen LogP contribution in [0.1, 0.15) is 45.5 Å². The van der Waals surface area contributed by atoms with E-state index in [9.17, 15) is 0 Å². The minimum atomic E-state index is -0.0663. The molecule has 0 saturated carbocycles. The van der Waals surface area contributed by atoms with Gasteiger partial charge in [-0.15, -0.1) is 0 Å². The Balaban J connectivity index is 2.55. The zero-order chi connectivity index (χ0) is 12.0. The molecule has 0 bridgehead atoms. The molecule has 16 heavy (non-hydrogen) atoms. The van der Waals surface area contributed by atoms with Gasteiger partial charge >= 0.3 is 6.01 Å². The SMILES string of the molecule is CCCC(OC)c1noc(NCC(C)C)n1. The maximum atomic E-state index is 5.30. The molecule has 0 aliphatic carbocycles. The van der Waals surface area contributed by atoms with Crippen LogP contribution < -0.4 is 5.32 Å². The summed E-state index contributed by atoms with van der Waals surface area (Å²) in [5, 5.41) is 7.00. The molecule has 1 N–H and O–H groups in total. The third-order valence-corrected chi connectivity index (χ3v) is 2.23. The standard InChI is InChI=1S/C11H21N3O2/c1-5-6-9(15-4)10-13-11(16-14-10)12-7-8(2)3/h8-9H,5-7H2,1-4H3,(H,12,13,14). The number of hydrogen-bond acceptors (Lipinski definition) is 5. The molecule has 0 aliphatic rings. The highest BCUT2D eigenvalue weighted by Crippen LogP contribution is 2.20. The largest absolute Gasteiger partial charge is 0.373 e. The lowest BCUT2D eigenvalue weighted by molar-refractivity contribution is 0.0854. The van der Waals surface area contributed by atoms with Crippen molar-refractivity contribution in [2.24, 2.45) is 5.92 Å². The number of methoxy groups -OCH3 is 1. The molecule has 0 amide bonds.